The number of esters is 1. The van der Waals surface area contributed by atoms with E-state index in [0.717, 1.165) is 57.8 Å². The maximum Gasteiger partial charge on any atom is 0.305 e. The van der Waals surface area contributed by atoms with E-state index >= 15 is 0 Å². The summed E-state index contributed by atoms with van der Waals surface area (Å²) in [6.07, 6.45) is 70.3. The minimum absolute atomic E-state index is 0.00590. The highest BCUT2D eigenvalue weighted by molar-refractivity contribution is 5.76. The Kier molecular flexibility index (Phi) is 56.5. The molecule has 0 aromatic carbocycles. The van der Waals surface area contributed by atoms with Crippen molar-refractivity contribution in [3.63, 3.8) is 0 Å². The minimum Gasteiger partial charge on any atom is -0.466 e. The van der Waals surface area contributed by atoms with Crippen molar-refractivity contribution < 1.29 is 24.5 Å². The van der Waals surface area contributed by atoms with E-state index in [2.05, 4.69) is 43.5 Å². The number of amides is 1. The third-order valence-electron chi connectivity index (χ3n) is 14.3. The zero-order chi connectivity index (χ0) is 49.3. The van der Waals surface area contributed by atoms with Gasteiger partial charge >= 0.3 is 5.97 Å². The Morgan fingerprint density at radius 1 is 0.412 bits per heavy atom. The van der Waals surface area contributed by atoms with Gasteiger partial charge in [-0.25, -0.2) is 0 Å². The Hall–Kier alpha value is -1.66. The molecule has 402 valence electrons. The molecule has 6 nitrogen and oxygen atoms in total. The van der Waals surface area contributed by atoms with Crippen LogP contribution in [0.3, 0.4) is 0 Å². The second kappa shape index (κ2) is 57.9. The summed E-state index contributed by atoms with van der Waals surface area (Å²) in [6.45, 7) is 4.94. The number of nitrogens with one attached hydrogen (secondary N) is 1. The van der Waals surface area contributed by atoms with Crippen LogP contribution in [0, 0.1) is 0 Å². The number of ether oxygens (including phenoxy) is 1. The van der Waals surface area contributed by atoms with Crippen molar-refractivity contribution in [3.8, 4) is 0 Å². The third-order valence-corrected chi connectivity index (χ3v) is 14.3. The number of aliphatic hydroxyl groups is 2. The number of rotatable bonds is 57. The lowest BCUT2D eigenvalue weighted by molar-refractivity contribution is -0.143. The maximum absolute atomic E-state index is 12.5. The summed E-state index contributed by atoms with van der Waals surface area (Å²) in [6, 6.07) is -0.549. The summed E-state index contributed by atoms with van der Waals surface area (Å²) in [7, 11) is 0. The summed E-state index contributed by atoms with van der Waals surface area (Å²) in [5.41, 5.74) is 0. The first kappa shape index (κ1) is 66.3. The van der Waals surface area contributed by atoms with Crippen LogP contribution in [0.5, 0.6) is 0 Å². The van der Waals surface area contributed by atoms with Gasteiger partial charge in [0.2, 0.25) is 5.91 Å². The van der Waals surface area contributed by atoms with Crippen LogP contribution < -0.4 is 5.32 Å². The molecule has 1 amide bonds. The molecule has 6 heteroatoms. The first-order valence-electron chi connectivity index (χ1n) is 30.6. The first-order chi connectivity index (χ1) is 33.5. The lowest BCUT2D eigenvalue weighted by Crippen LogP contribution is -2.45. The van der Waals surface area contributed by atoms with Crippen molar-refractivity contribution in [3.05, 3.63) is 24.3 Å². The highest BCUT2D eigenvalue weighted by Gasteiger charge is 2.20. The van der Waals surface area contributed by atoms with E-state index in [1.807, 2.05) is 0 Å². The van der Waals surface area contributed by atoms with Gasteiger partial charge in [-0.15, -0.1) is 0 Å². The minimum atomic E-state index is -0.671. The largest absolute Gasteiger partial charge is 0.466 e. The molecule has 0 aliphatic heterocycles. The molecule has 0 rings (SSSR count). The number of hydrogen-bond acceptors (Lipinski definition) is 5. The van der Waals surface area contributed by atoms with Gasteiger partial charge in [0, 0.05) is 12.8 Å². The summed E-state index contributed by atoms with van der Waals surface area (Å²) in [4.78, 5) is 24.6. The van der Waals surface area contributed by atoms with Gasteiger partial charge < -0.3 is 20.3 Å². The summed E-state index contributed by atoms with van der Waals surface area (Å²) < 4.78 is 5.49. The number of hydrogen-bond donors (Lipinski definition) is 3. The summed E-state index contributed by atoms with van der Waals surface area (Å²) in [5.74, 6) is -0.0470. The Balaban J connectivity index is 3.43. The summed E-state index contributed by atoms with van der Waals surface area (Å²) >= 11 is 0. The first-order valence-corrected chi connectivity index (χ1v) is 30.6. The molecule has 0 saturated heterocycles. The lowest BCUT2D eigenvalue weighted by Gasteiger charge is -2.22. The fourth-order valence-electron chi connectivity index (χ4n) is 9.55. The van der Waals surface area contributed by atoms with Gasteiger partial charge in [-0.2, -0.15) is 0 Å². The van der Waals surface area contributed by atoms with Crippen LogP contribution in [0.1, 0.15) is 335 Å². The zero-order valence-electron chi connectivity index (χ0n) is 45.9. The fourth-order valence-corrected chi connectivity index (χ4v) is 9.55. The molecule has 0 saturated carbocycles. The molecule has 68 heavy (non-hydrogen) atoms. The van der Waals surface area contributed by atoms with Gasteiger partial charge in [0.15, 0.2) is 0 Å². The van der Waals surface area contributed by atoms with Gasteiger partial charge in [-0.1, -0.05) is 289 Å². The average Bonchev–Trinajstić information content (AvgIpc) is 3.34. The van der Waals surface area contributed by atoms with E-state index in [4.69, 9.17) is 4.74 Å². The van der Waals surface area contributed by atoms with Crippen LogP contribution in [-0.4, -0.2) is 47.4 Å². The second-order valence-corrected chi connectivity index (χ2v) is 21.0. The normalized spacial score (nSPS) is 12.7. The molecule has 0 radical (unpaired) electrons. The van der Waals surface area contributed by atoms with Crippen LogP contribution in [0.25, 0.3) is 0 Å². The Bertz CT molecular complexity index is 1060. The number of unbranched alkanes of at least 4 members (excludes halogenated alkanes) is 42. The van der Waals surface area contributed by atoms with Crippen molar-refractivity contribution in [2.24, 2.45) is 0 Å². The Morgan fingerprint density at radius 2 is 0.735 bits per heavy atom. The fraction of sp³-hybridized carbons (Fsp3) is 0.903. The van der Waals surface area contributed by atoms with Crippen LogP contribution in [0.15, 0.2) is 24.3 Å². The second-order valence-electron chi connectivity index (χ2n) is 21.0. The van der Waals surface area contributed by atoms with Crippen molar-refractivity contribution in [1.82, 2.24) is 5.32 Å². The third kappa shape index (κ3) is 53.7. The molecule has 0 aliphatic carbocycles. The summed E-state index contributed by atoms with van der Waals surface area (Å²) in [5, 5.41) is 23.3. The quantitative estimate of drug-likeness (QED) is 0.0321. The molecule has 2 atom stereocenters. The molecular formula is C62H119NO5. The monoisotopic (exact) mass is 958 g/mol. The molecule has 0 aromatic heterocycles. The van der Waals surface area contributed by atoms with Crippen molar-refractivity contribution in [2.75, 3.05) is 13.2 Å². The van der Waals surface area contributed by atoms with Crippen LogP contribution in [-0.2, 0) is 14.3 Å². The number of carbonyl (C=O) groups is 2. The van der Waals surface area contributed by atoms with Crippen LogP contribution >= 0.6 is 0 Å². The highest BCUT2D eigenvalue weighted by atomic mass is 16.5. The zero-order valence-corrected chi connectivity index (χ0v) is 45.9. The van der Waals surface area contributed by atoms with Crippen molar-refractivity contribution in [2.45, 2.75) is 347 Å². The predicted octanol–water partition coefficient (Wildman–Crippen LogP) is 19.0. The smallest absolute Gasteiger partial charge is 0.305 e. The van der Waals surface area contributed by atoms with Gasteiger partial charge in [0.1, 0.15) is 0 Å². The van der Waals surface area contributed by atoms with Gasteiger partial charge in [-0.3, -0.25) is 9.59 Å². The highest BCUT2D eigenvalue weighted by Crippen LogP contribution is 2.18. The topological polar surface area (TPSA) is 95.9 Å². The molecule has 0 aromatic rings. The maximum atomic E-state index is 12.5. The molecule has 0 heterocycles. The van der Waals surface area contributed by atoms with E-state index in [9.17, 15) is 19.8 Å². The number of allylic oxidation sites excluding steroid dienone is 4. The molecule has 3 N–H and O–H groups in total. The molecule has 0 spiro atoms. The van der Waals surface area contributed by atoms with Gasteiger partial charge in [-0.05, 0) is 57.8 Å². The van der Waals surface area contributed by atoms with Crippen molar-refractivity contribution >= 4 is 11.9 Å². The Morgan fingerprint density at radius 3 is 1.13 bits per heavy atom. The van der Waals surface area contributed by atoms with Crippen LogP contribution in [0.4, 0.5) is 0 Å². The number of carbonyl (C=O) groups excluding carboxylic acids is 2. The predicted molar refractivity (Wildman–Crippen MR) is 296 cm³/mol. The van der Waals surface area contributed by atoms with E-state index < -0.39 is 12.1 Å². The Labute approximate surface area is 424 Å². The SMILES string of the molecule is CCCCCC/C=C\C/C=C\CCCCCCCCCC(=O)OCCCCCCCCCCCCCCCCCC(=O)NC(CO)C(O)CCCCCCCCCCCCCCCCCCCC. The molecule has 0 fully saturated rings. The lowest BCUT2D eigenvalue weighted by atomic mass is 10.0. The van der Waals surface area contributed by atoms with Crippen LogP contribution in [0.2, 0.25) is 0 Å². The van der Waals surface area contributed by atoms with Gasteiger partial charge in [0.25, 0.3) is 0 Å². The molecular weight excluding hydrogens is 839 g/mol. The van der Waals surface area contributed by atoms with E-state index in [1.54, 1.807) is 0 Å². The average molecular weight is 959 g/mol. The standard InChI is InChI=1S/C62H119NO5/c1-3-5-7-9-11-13-15-17-19-21-23-26-30-34-38-42-46-50-54-60(65)59(58-64)63-61(66)55-51-47-43-39-35-31-27-25-29-33-37-41-45-49-53-57-68-62(67)56-52-48-44-40-36-32-28-24-22-20-18-16-14-12-10-8-6-4-2/h14,16,20,22,59-60,64-65H,3-13,15,17-19,21,23-58H2,1-2H3,(H,63,66)/b16-14-,22-20-. The van der Waals surface area contributed by atoms with Crippen molar-refractivity contribution in [1.29, 1.82) is 0 Å². The van der Waals surface area contributed by atoms with E-state index in [1.165, 1.54) is 244 Å². The number of aliphatic hydroxyl groups excluding tert-OH is 2. The molecule has 0 bridgehead atoms. The van der Waals surface area contributed by atoms with Gasteiger partial charge in [0.05, 0.1) is 25.4 Å². The van der Waals surface area contributed by atoms with E-state index in [-0.39, 0.29) is 18.5 Å². The molecule has 0 aliphatic rings. The van der Waals surface area contributed by atoms with E-state index in [0.29, 0.717) is 25.9 Å². The molecule has 2 unspecified atom stereocenters.